The van der Waals surface area contributed by atoms with Gasteiger partial charge in [0.25, 0.3) is 5.91 Å². The zero-order chi connectivity index (χ0) is 26.2. The van der Waals surface area contributed by atoms with Crippen LogP contribution in [0.4, 0.5) is 18.9 Å². The highest BCUT2D eigenvalue weighted by atomic mass is 32.2. The highest BCUT2D eigenvalue weighted by Gasteiger charge is 2.33. The van der Waals surface area contributed by atoms with Gasteiger partial charge in [0.05, 0.1) is 20.1 Å². The smallest absolute Gasteiger partial charge is 0.489 e. The fourth-order valence-corrected chi connectivity index (χ4v) is 5.81. The van der Waals surface area contributed by atoms with Gasteiger partial charge in [-0.3, -0.25) is 9.59 Å². The summed E-state index contributed by atoms with van der Waals surface area (Å²) in [5.41, 5.74) is 3.78. The number of alkyl halides is 3. The van der Waals surface area contributed by atoms with Gasteiger partial charge in [-0.05, 0) is 59.2 Å². The Morgan fingerprint density at radius 3 is 2.57 bits per heavy atom. The molecule has 10 heteroatoms. The average Bonchev–Trinajstić information content (AvgIpc) is 3.43. The van der Waals surface area contributed by atoms with Crippen LogP contribution in [0.1, 0.15) is 39.4 Å². The summed E-state index contributed by atoms with van der Waals surface area (Å²) >= 11 is 1.68. The minimum Gasteiger partial charge on any atom is -0.489 e. The molecule has 3 aromatic rings. The van der Waals surface area contributed by atoms with E-state index in [4.69, 9.17) is 9.47 Å². The van der Waals surface area contributed by atoms with E-state index >= 15 is 0 Å². The van der Waals surface area contributed by atoms with Crippen LogP contribution in [0.15, 0.2) is 65.6 Å². The maximum atomic E-state index is 13.0. The number of carbonyl (C=O) groups excluding carboxylic acids is 2. The van der Waals surface area contributed by atoms with E-state index in [-0.39, 0.29) is 36.7 Å². The number of methoxy groups -OCH3 is 1. The lowest BCUT2D eigenvalue weighted by atomic mass is 9.98. The summed E-state index contributed by atoms with van der Waals surface area (Å²) in [7, 11) is 1.39. The number of rotatable bonds is 7. The molecule has 3 aromatic carbocycles. The SMILES string of the molecule is COC(=O)CC1CSc2cc(OCc3cccc4c3CN(c3ccc(OC(F)(F)F)cc3)C4=O)ccc21. The third kappa shape index (κ3) is 5.39. The molecule has 0 saturated heterocycles. The number of esters is 1. The molecule has 0 spiro atoms. The molecule has 5 rings (SSSR count). The van der Waals surface area contributed by atoms with Crippen molar-refractivity contribution in [3.8, 4) is 11.5 Å². The molecule has 0 radical (unpaired) electrons. The number of anilines is 1. The first-order valence-corrected chi connectivity index (χ1v) is 12.4. The molecule has 1 atom stereocenters. The number of nitrogens with zero attached hydrogens (tertiary/aromatic N) is 1. The van der Waals surface area contributed by atoms with Crippen LogP contribution < -0.4 is 14.4 Å². The summed E-state index contributed by atoms with van der Waals surface area (Å²) in [5.74, 6) is 0.798. The Bertz CT molecular complexity index is 1340. The van der Waals surface area contributed by atoms with Gasteiger partial charge in [-0.25, -0.2) is 0 Å². The van der Waals surface area contributed by atoms with E-state index in [0.717, 1.165) is 27.3 Å². The highest BCUT2D eigenvalue weighted by molar-refractivity contribution is 7.99. The number of halogens is 3. The Balaban J connectivity index is 1.27. The van der Waals surface area contributed by atoms with Crippen molar-refractivity contribution in [2.24, 2.45) is 0 Å². The summed E-state index contributed by atoms with van der Waals surface area (Å²) in [5, 5.41) is 0. The van der Waals surface area contributed by atoms with Crippen LogP contribution in [-0.2, 0) is 22.7 Å². The van der Waals surface area contributed by atoms with Gasteiger partial charge in [0, 0.05) is 27.8 Å². The van der Waals surface area contributed by atoms with Crippen molar-refractivity contribution in [2.75, 3.05) is 17.8 Å². The fraction of sp³-hybridized carbons (Fsp3) is 0.259. The van der Waals surface area contributed by atoms with Crippen molar-refractivity contribution in [3.63, 3.8) is 0 Å². The van der Waals surface area contributed by atoms with Gasteiger partial charge in [0.15, 0.2) is 0 Å². The van der Waals surface area contributed by atoms with Crippen molar-refractivity contribution in [1.29, 1.82) is 0 Å². The summed E-state index contributed by atoms with van der Waals surface area (Å²) < 4.78 is 52.1. The number of carbonyl (C=O) groups is 2. The highest BCUT2D eigenvalue weighted by Crippen LogP contribution is 2.43. The molecule has 37 heavy (non-hydrogen) atoms. The summed E-state index contributed by atoms with van der Waals surface area (Å²) in [6.07, 6.45) is -4.44. The normalized spacial score (nSPS) is 16.4. The van der Waals surface area contributed by atoms with Crippen LogP contribution in [0.5, 0.6) is 11.5 Å². The Morgan fingerprint density at radius 1 is 1.08 bits per heavy atom. The van der Waals surface area contributed by atoms with E-state index in [1.165, 1.54) is 36.3 Å². The minimum atomic E-state index is -4.78. The minimum absolute atomic E-state index is 0.116. The Hall–Kier alpha value is -3.66. The number of fused-ring (bicyclic) bond motifs is 2. The van der Waals surface area contributed by atoms with Crippen molar-refractivity contribution in [3.05, 3.63) is 82.9 Å². The van der Waals surface area contributed by atoms with Crippen LogP contribution in [0.25, 0.3) is 0 Å². The standard InChI is InChI=1S/C27H22F3NO5S/c1-34-25(32)11-17-15-37-24-12-20(9-10-21(17)24)35-14-16-3-2-4-22-23(16)13-31(26(22)33)18-5-7-19(8-6-18)36-27(28,29)30/h2-10,12,17H,11,13-15H2,1H3. The number of ether oxygens (including phenoxy) is 3. The van der Waals surface area contributed by atoms with Crippen LogP contribution in [-0.4, -0.2) is 31.1 Å². The Kier molecular flexibility index (Phi) is 6.76. The molecule has 2 aliphatic rings. The van der Waals surface area contributed by atoms with Crippen LogP contribution in [0.3, 0.4) is 0 Å². The molecule has 2 heterocycles. The second kappa shape index (κ2) is 10.0. The lowest BCUT2D eigenvalue weighted by Crippen LogP contribution is -2.23. The van der Waals surface area contributed by atoms with Crippen LogP contribution in [0.2, 0.25) is 0 Å². The van der Waals surface area contributed by atoms with Crippen molar-refractivity contribution < 1.29 is 37.0 Å². The van der Waals surface area contributed by atoms with Crippen LogP contribution >= 0.6 is 11.8 Å². The number of amides is 1. The molecule has 1 unspecified atom stereocenters. The topological polar surface area (TPSA) is 65.1 Å². The van der Waals surface area contributed by atoms with E-state index in [0.29, 0.717) is 23.4 Å². The largest absolute Gasteiger partial charge is 0.573 e. The molecule has 0 N–H and O–H groups in total. The van der Waals surface area contributed by atoms with Gasteiger partial charge in [0.1, 0.15) is 18.1 Å². The third-order valence-electron chi connectivity index (χ3n) is 6.35. The van der Waals surface area contributed by atoms with Crippen molar-refractivity contribution in [1.82, 2.24) is 0 Å². The van der Waals surface area contributed by atoms with Crippen molar-refractivity contribution in [2.45, 2.75) is 36.7 Å². The van der Waals surface area contributed by atoms with Gasteiger partial charge in [0.2, 0.25) is 0 Å². The number of hydrogen-bond acceptors (Lipinski definition) is 6. The zero-order valence-corrected chi connectivity index (χ0v) is 20.5. The second-order valence-electron chi connectivity index (χ2n) is 8.65. The van der Waals surface area contributed by atoms with Gasteiger partial charge >= 0.3 is 12.3 Å². The lowest BCUT2D eigenvalue weighted by Gasteiger charge is -2.17. The van der Waals surface area contributed by atoms with E-state index in [1.807, 2.05) is 24.3 Å². The molecule has 0 aliphatic carbocycles. The first-order valence-electron chi connectivity index (χ1n) is 11.5. The molecule has 192 valence electrons. The van der Waals surface area contributed by atoms with E-state index in [2.05, 4.69) is 4.74 Å². The monoisotopic (exact) mass is 529 g/mol. The summed E-state index contributed by atoms with van der Waals surface area (Å²) in [4.78, 5) is 27.3. The Labute approximate surface area is 215 Å². The number of thioether (sulfide) groups is 1. The van der Waals surface area contributed by atoms with E-state index < -0.39 is 6.36 Å². The van der Waals surface area contributed by atoms with Crippen molar-refractivity contribution >= 4 is 29.3 Å². The molecule has 0 bridgehead atoms. The molecule has 6 nitrogen and oxygen atoms in total. The van der Waals surface area contributed by atoms with E-state index in [1.54, 1.807) is 23.9 Å². The first kappa shape index (κ1) is 25.0. The fourth-order valence-electron chi connectivity index (χ4n) is 4.53. The molecule has 0 aromatic heterocycles. The molecular weight excluding hydrogens is 507 g/mol. The summed E-state index contributed by atoms with van der Waals surface area (Å²) in [6.45, 7) is 0.528. The quantitative estimate of drug-likeness (QED) is 0.346. The second-order valence-corrected chi connectivity index (χ2v) is 9.71. The molecule has 0 fully saturated rings. The molecular formula is C27H22F3NO5S. The van der Waals surface area contributed by atoms with Gasteiger partial charge in [-0.2, -0.15) is 0 Å². The van der Waals surface area contributed by atoms with Gasteiger partial charge < -0.3 is 19.1 Å². The average molecular weight is 530 g/mol. The van der Waals surface area contributed by atoms with Crippen LogP contribution in [0, 0.1) is 0 Å². The molecule has 2 aliphatic heterocycles. The maximum absolute atomic E-state index is 13.0. The molecule has 0 saturated carbocycles. The summed E-state index contributed by atoms with van der Waals surface area (Å²) in [6, 6.07) is 16.5. The van der Waals surface area contributed by atoms with Gasteiger partial charge in [-0.15, -0.1) is 24.9 Å². The maximum Gasteiger partial charge on any atom is 0.573 e. The van der Waals surface area contributed by atoms with Gasteiger partial charge in [-0.1, -0.05) is 18.2 Å². The third-order valence-corrected chi connectivity index (χ3v) is 7.58. The molecule has 1 amide bonds. The number of hydrogen-bond donors (Lipinski definition) is 0. The Morgan fingerprint density at radius 2 is 1.84 bits per heavy atom. The first-order chi connectivity index (χ1) is 17.7. The lowest BCUT2D eigenvalue weighted by molar-refractivity contribution is -0.274. The number of benzene rings is 3. The van der Waals surface area contributed by atoms with E-state index in [9.17, 15) is 22.8 Å². The predicted molar refractivity (Wildman–Crippen MR) is 131 cm³/mol. The predicted octanol–water partition coefficient (Wildman–Crippen LogP) is 6.08. The zero-order valence-electron chi connectivity index (χ0n) is 19.7.